The van der Waals surface area contributed by atoms with Crippen molar-refractivity contribution in [2.24, 2.45) is 0 Å². The Morgan fingerprint density at radius 2 is 1.93 bits per heavy atom. The van der Waals surface area contributed by atoms with Crippen molar-refractivity contribution in [2.75, 3.05) is 5.32 Å². The summed E-state index contributed by atoms with van der Waals surface area (Å²) in [4.78, 5) is 41.8. The number of H-pyrrole nitrogens is 1. The van der Waals surface area contributed by atoms with Gasteiger partial charge in [-0.2, -0.15) is 17.9 Å². The van der Waals surface area contributed by atoms with Crippen LogP contribution < -0.4 is 10.6 Å². The SMILES string of the molecule is O=C(/C=C/c1cc(Cl)ccc1-n1cnnn1)N[C@H]1C/C=C/CCC(=O)Nc2ccc(F)cc2-c2cnc1[nH]2.O=C(O)C(F)(F)F. The first-order chi connectivity index (χ1) is 21.4. The molecule has 45 heavy (non-hydrogen) atoms. The number of nitrogens with zero attached hydrogens (tertiary/aromatic N) is 5. The molecule has 1 atom stereocenters. The first-order valence-corrected chi connectivity index (χ1v) is 13.4. The Hall–Kier alpha value is -5.38. The van der Waals surface area contributed by atoms with E-state index in [-0.39, 0.29) is 18.2 Å². The fourth-order valence-corrected chi connectivity index (χ4v) is 4.22. The number of carboxylic acid groups (broad SMARTS) is 1. The van der Waals surface area contributed by atoms with Crippen molar-refractivity contribution in [1.29, 1.82) is 0 Å². The molecule has 0 unspecified atom stereocenters. The highest BCUT2D eigenvalue weighted by Gasteiger charge is 2.38. The molecular formula is C28H23ClF4N8O4. The van der Waals surface area contributed by atoms with Crippen LogP contribution in [0.4, 0.5) is 23.2 Å². The third kappa shape index (κ3) is 9.06. The summed E-state index contributed by atoms with van der Waals surface area (Å²) in [5.41, 5.74) is 2.74. The Morgan fingerprint density at radius 1 is 1.16 bits per heavy atom. The molecule has 234 valence electrons. The van der Waals surface area contributed by atoms with Gasteiger partial charge in [-0.25, -0.2) is 14.2 Å². The summed E-state index contributed by atoms with van der Waals surface area (Å²) in [5, 5.41) is 24.6. The van der Waals surface area contributed by atoms with Gasteiger partial charge in [0.25, 0.3) is 0 Å². The Balaban J connectivity index is 0.000000591. The van der Waals surface area contributed by atoms with Gasteiger partial charge in [-0.05, 0) is 65.7 Å². The Bertz CT molecular complexity index is 1740. The van der Waals surface area contributed by atoms with Crippen molar-refractivity contribution in [1.82, 2.24) is 35.5 Å². The topological polar surface area (TPSA) is 168 Å². The zero-order valence-corrected chi connectivity index (χ0v) is 23.7. The van der Waals surface area contributed by atoms with Crippen LogP contribution in [0.25, 0.3) is 23.0 Å². The highest BCUT2D eigenvalue weighted by Crippen LogP contribution is 2.30. The minimum absolute atomic E-state index is 0.182. The molecule has 4 N–H and O–H groups in total. The number of imidazole rings is 1. The second-order valence-corrected chi connectivity index (χ2v) is 9.76. The highest BCUT2D eigenvalue weighted by atomic mass is 35.5. The van der Waals surface area contributed by atoms with Crippen LogP contribution in [0.1, 0.15) is 36.7 Å². The molecule has 12 nitrogen and oxygen atoms in total. The van der Waals surface area contributed by atoms with Gasteiger partial charge in [0.15, 0.2) is 0 Å². The molecule has 2 aromatic carbocycles. The summed E-state index contributed by atoms with van der Waals surface area (Å²) >= 11 is 6.16. The van der Waals surface area contributed by atoms with E-state index in [4.69, 9.17) is 21.5 Å². The number of aromatic amines is 1. The van der Waals surface area contributed by atoms with Gasteiger partial charge in [0, 0.05) is 28.6 Å². The third-order valence-electron chi connectivity index (χ3n) is 6.11. The second-order valence-electron chi connectivity index (χ2n) is 9.32. The third-order valence-corrected chi connectivity index (χ3v) is 6.34. The van der Waals surface area contributed by atoms with E-state index in [1.165, 1.54) is 35.3 Å². The van der Waals surface area contributed by atoms with E-state index in [0.717, 1.165) is 0 Å². The predicted octanol–water partition coefficient (Wildman–Crippen LogP) is 5.03. The van der Waals surface area contributed by atoms with Gasteiger partial charge in [-0.1, -0.05) is 23.8 Å². The molecule has 0 radical (unpaired) electrons. The number of aromatic nitrogens is 6. The number of halogens is 5. The summed E-state index contributed by atoms with van der Waals surface area (Å²) in [7, 11) is 0. The predicted molar refractivity (Wildman–Crippen MR) is 153 cm³/mol. The molecule has 0 aliphatic carbocycles. The number of carbonyl (C=O) groups is 3. The van der Waals surface area contributed by atoms with Gasteiger partial charge < -0.3 is 20.7 Å². The summed E-state index contributed by atoms with van der Waals surface area (Å²) in [6.07, 6.45) is 5.91. The van der Waals surface area contributed by atoms with Crippen LogP contribution in [-0.2, 0) is 14.4 Å². The summed E-state index contributed by atoms with van der Waals surface area (Å²) in [6.45, 7) is 0. The zero-order chi connectivity index (χ0) is 32.6. The van der Waals surface area contributed by atoms with E-state index >= 15 is 0 Å². The van der Waals surface area contributed by atoms with Crippen LogP contribution in [-0.4, -0.2) is 59.2 Å². The van der Waals surface area contributed by atoms with Crippen molar-refractivity contribution in [3.63, 3.8) is 0 Å². The maximum atomic E-state index is 14.1. The number of benzene rings is 2. The molecule has 2 bridgehead atoms. The molecule has 5 rings (SSSR count). The van der Waals surface area contributed by atoms with Crippen molar-refractivity contribution in [2.45, 2.75) is 31.5 Å². The number of aliphatic carboxylic acids is 1. The average Bonchev–Trinajstić information content (AvgIpc) is 3.69. The number of amides is 2. The van der Waals surface area contributed by atoms with Crippen LogP contribution in [0, 0.1) is 5.82 Å². The molecule has 2 amide bonds. The number of hydrogen-bond acceptors (Lipinski definition) is 7. The molecule has 2 aromatic heterocycles. The molecule has 0 spiro atoms. The number of fused-ring (bicyclic) bond motifs is 4. The number of tetrazole rings is 1. The maximum absolute atomic E-state index is 14.1. The number of carboxylic acids is 1. The van der Waals surface area contributed by atoms with Crippen LogP contribution >= 0.6 is 11.6 Å². The summed E-state index contributed by atoms with van der Waals surface area (Å²) in [5.74, 6) is -3.26. The summed E-state index contributed by atoms with van der Waals surface area (Å²) < 4.78 is 47.3. The minimum Gasteiger partial charge on any atom is -0.475 e. The maximum Gasteiger partial charge on any atom is 0.490 e. The highest BCUT2D eigenvalue weighted by molar-refractivity contribution is 6.30. The van der Waals surface area contributed by atoms with Gasteiger partial charge in [0.1, 0.15) is 18.0 Å². The smallest absolute Gasteiger partial charge is 0.475 e. The lowest BCUT2D eigenvalue weighted by Crippen LogP contribution is -2.27. The molecule has 3 heterocycles. The zero-order valence-electron chi connectivity index (χ0n) is 22.9. The van der Waals surface area contributed by atoms with Crippen LogP contribution in [0.15, 0.2) is 67.2 Å². The van der Waals surface area contributed by atoms with Crippen LogP contribution in [0.5, 0.6) is 0 Å². The largest absolute Gasteiger partial charge is 0.490 e. The van der Waals surface area contributed by atoms with Crippen LogP contribution in [0.3, 0.4) is 0 Å². The number of rotatable bonds is 4. The van der Waals surface area contributed by atoms with E-state index in [9.17, 15) is 27.2 Å². The van der Waals surface area contributed by atoms with E-state index < -0.39 is 24.0 Å². The number of carbonyl (C=O) groups excluding carboxylic acids is 2. The molecule has 0 saturated heterocycles. The Labute approximate surface area is 256 Å². The monoisotopic (exact) mass is 646 g/mol. The van der Waals surface area contributed by atoms with E-state index in [1.54, 1.807) is 30.5 Å². The number of alkyl halides is 3. The van der Waals surface area contributed by atoms with Gasteiger partial charge in [-0.3, -0.25) is 9.59 Å². The molecule has 17 heteroatoms. The Morgan fingerprint density at radius 3 is 2.64 bits per heavy atom. The fraction of sp³-hybridized carbons (Fsp3) is 0.179. The minimum atomic E-state index is -5.08. The second kappa shape index (κ2) is 14.4. The van der Waals surface area contributed by atoms with Gasteiger partial charge in [0.2, 0.25) is 11.8 Å². The summed E-state index contributed by atoms with van der Waals surface area (Å²) in [6, 6.07) is 8.79. The Kier molecular flexibility index (Phi) is 10.4. The van der Waals surface area contributed by atoms with Crippen molar-refractivity contribution >= 4 is 41.1 Å². The standard InChI is InChI=1S/C26H22ClFN8O2.C2HF3O2/c27-17-7-10-23(36-15-30-34-35-36)16(12-17)6-11-25(38)32-21-4-2-1-3-5-24(37)31-20-9-8-18(28)13-19(20)22-14-29-26(21)33-22;3-2(4,5)1(6)7/h1-2,6-15,21H,3-5H2,(H,29,33)(H,31,37)(H,32,38);(H,6,7)/b2-1+,11-6+;/t21-;/m0./s1. The lowest BCUT2D eigenvalue weighted by atomic mass is 10.1. The van der Waals surface area contributed by atoms with Crippen LogP contribution in [0.2, 0.25) is 5.02 Å². The lowest BCUT2D eigenvalue weighted by Gasteiger charge is -2.14. The van der Waals surface area contributed by atoms with E-state index in [2.05, 4.69) is 36.1 Å². The molecular weight excluding hydrogens is 624 g/mol. The van der Waals surface area contributed by atoms with Gasteiger partial charge in [0.05, 0.1) is 29.3 Å². The molecule has 1 aliphatic heterocycles. The normalized spacial score (nSPS) is 15.8. The van der Waals surface area contributed by atoms with Crippen molar-refractivity contribution in [3.05, 3.63) is 89.4 Å². The molecule has 4 aromatic rings. The van der Waals surface area contributed by atoms with Gasteiger partial charge in [-0.15, -0.1) is 5.10 Å². The molecule has 1 aliphatic rings. The first kappa shape index (κ1) is 32.5. The number of allylic oxidation sites excluding steroid dienone is 1. The molecule has 0 saturated carbocycles. The van der Waals surface area contributed by atoms with Crippen molar-refractivity contribution < 1.29 is 37.1 Å². The number of hydrogen-bond donors (Lipinski definition) is 4. The van der Waals surface area contributed by atoms with Crippen molar-refractivity contribution in [3.8, 4) is 16.9 Å². The number of nitrogens with one attached hydrogen (secondary N) is 3. The first-order valence-electron chi connectivity index (χ1n) is 13.0. The number of anilines is 1. The van der Waals surface area contributed by atoms with E-state index in [0.29, 0.717) is 51.9 Å². The quantitative estimate of drug-likeness (QED) is 0.136. The fourth-order valence-electron chi connectivity index (χ4n) is 4.04. The average molecular weight is 647 g/mol. The van der Waals surface area contributed by atoms with E-state index in [1.807, 2.05) is 12.2 Å². The molecule has 0 fully saturated rings. The lowest BCUT2D eigenvalue weighted by molar-refractivity contribution is -0.192. The van der Waals surface area contributed by atoms with Gasteiger partial charge >= 0.3 is 12.1 Å².